The minimum atomic E-state index is 0.237. The van der Waals surface area contributed by atoms with Crippen molar-refractivity contribution in [3.05, 3.63) is 11.7 Å². The highest BCUT2D eigenvalue weighted by molar-refractivity contribution is 4.93. The molecule has 1 saturated heterocycles. The number of hydrogen-bond acceptors (Lipinski definition) is 5. The van der Waals surface area contributed by atoms with Crippen molar-refractivity contribution in [2.75, 3.05) is 13.2 Å². The van der Waals surface area contributed by atoms with E-state index in [4.69, 9.17) is 9.26 Å². The second kappa shape index (κ2) is 5.96. The summed E-state index contributed by atoms with van der Waals surface area (Å²) in [5, 5.41) is 7.29. The number of aromatic nitrogens is 2. The van der Waals surface area contributed by atoms with Crippen LogP contribution < -0.4 is 5.32 Å². The van der Waals surface area contributed by atoms with Crippen molar-refractivity contribution < 1.29 is 9.26 Å². The molecule has 0 saturated carbocycles. The van der Waals surface area contributed by atoms with E-state index >= 15 is 0 Å². The van der Waals surface area contributed by atoms with E-state index in [0.29, 0.717) is 18.3 Å². The molecular weight excluding hydrogens is 206 g/mol. The summed E-state index contributed by atoms with van der Waals surface area (Å²) in [4.78, 5) is 4.34. The lowest BCUT2D eigenvalue weighted by atomic mass is 10.1. The van der Waals surface area contributed by atoms with Crippen LogP contribution in [0.4, 0.5) is 0 Å². The molecule has 0 amide bonds. The summed E-state index contributed by atoms with van der Waals surface area (Å²) in [6.07, 6.45) is 4.55. The van der Waals surface area contributed by atoms with Crippen LogP contribution in [0.3, 0.4) is 0 Å². The summed E-state index contributed by atoms with van der Waals surface area (Å²) < 4.78 is 10.6. The van der Waals surface area contributed by atoms with E-state index in [2.05, 4.69) is 22.4 Å². The van der Waals surface area contributed by atoms with Gasteiger partial charge < -0.3 is 14.6 Å². The maximum absolute atomic E-state index is 5.36. The van der Waals surface area contributed by atoms with Crippen molar-refractivity contribution in [3.8, 4) is 0 Å². The molecule has 2 heterocycles. The van der Waals surface area contributed by atoms with Gasteiger partial charge in [0.15, 0.2) is 5.82 Å². The van der Waals surface area contributed by atoms with E-state index in [1.54, 1.807) is 0 Å². The van der Waals surface area contributed by atoms with Gasteiger partial charge in [0.1, 0.15) is 6.61 Å². The van der Waals surface area contributed by atoms with Gasteiger partial charge in [0.05, 0.1) is 6.04 Å². The molecule has 1 atom stereocenters. The Labute approximate surface area is 95.6 Å². The van der Waals surface area contributed by atoms with Gasteiger partial charge in [0.25, 0.3) is 0 Å². The average Bonchev–Trinajstić information content (AvgIpc) is 2.79. The van der Waals surface area contributed by atoms with Gasteiger partial charge in [-0.3, -0.25) is 0 Å². The van der Waals surface area contributed by atoms with Crippen LogP contribution in [0.25, 0.3) is 0 Å². The maximum atomic E-state index is 5.36. The lowest BCUT2D eigenvalue weighted by molar-refractivity contribution is 0.114. The molecule has 1 aromatic heterocycles. The maximum Gasteiger partial charge on any atom is 0.243 e. The number of rotatable bonds is 5. The van der Waals surface area contributed by atoms with E-state index in [-0.39, 0.29) is 6.04 Å². The van der Waals surface area contributed by atoms with Crippen LogP contribution in [-0.2, 0) is 11.3 Å². The Hall–Kier alpha value is -0.940. The van der Waals surface area contributed by atoms with Crippen molar-refractivity contribution in [3.63, 3.8) is 0 Å². The van der Waals surface area contributed by atoms with Gasteiger partial charge in [0, 0.05) is 6.61 Å². The third-order valence-electron chi connectivity index (χ3n) is 2.67. The Kier molecular flexibility index (Phi) is 4.30. The van der Waals surface area contributed by atoms with Crippen molar-refractivity contribution in [2.45, 2.75) is 45.3 Å². The number of nitrogens with one attached hydrogen (secondary N) is 1. The Balaban J connectivity index is 1.85. The summed E-state index contributed by atoms with van der Waals surface area (Å²) >= 11 is 0. The molecular formula is C11H19N3O2. The van der Waals surface area contributed by atoms with Crippen LogP contribution in [0, 0.1) is 0 Å². The first-order valence-corrected chi connectivity index (χ1v) is 6.03. The van der Waals surface area contributed by atoms with Crippen molar-refractivity contribution in [1.82, 2.24) is 15.5 Å². The number of piperidine rings is 1. The molecule has 16 heavy (non-hydrogen) atoms. The second-order valence-electron chi connectivity index (χ2n) is 4.10. The predicted octanol–water partition coefficient (Wildman–Crippen LogP) is 1.81. The molecule has 0 aliphatic carbocycles. The fourth-order valence-electron chi connectivity index (χ4n) is 1.84. The quantitative estimate of drug-likeness (QED) is 0.774. The number of hydrogen-bond donors (Lipinski definition) is 1. The lowest BCUT2D eigenvalue weighted by Crippen LogP contribution is -2.27. The smallest absolute Gasteiger partial charge is 0.243 e. The van der Waals surface area contributed by atoms with Gasteiger partial charge in [-0.25, -0.2) is 0 Å². The zero-order valence-corrected chi connectivity index (χ0v) is 9.74. The molecule has 5 heteroatoms. The van der Waals surface area contributed by atoms with Crippen LogP contribution in [0.2, 0.25) is 0 Å². The fourth-order valence-corrected chi connectivity index (χ4v) is 1.84. The Morgan fingerprint density at radius 2 is 2.44 bits per heavy atom. The van der Waals surface area contributed by atoms with Gasteiger partial charge in [-0.15, -0.1) is 0 Å². The van der Waals surface area contributed by atoms with Crippen LogP contribution in [0.1, 0.15) is 50.4 Å². The van der Waals surface area contributed by atoms with Crippen molar-refractivity contribution in [1.29, 1.82) is 0 Å². The summed E-state index contributed by atoms with van der Waals surface area (Å²) in [5.41, 5.74) is 0. The SMILES string of the molecule is CCCOCc1noc(C2CCCCN2)n1. The van der Waals surface area contributed by atoms with E-state index in [1.807, 2.05) is 0 Å². The Morgan fingerprint density at radius 3 is 3.19 bits per heavy atom. The zero-order chi connectivity index (χ0) is 11.2. The highest BCUT2D eigenvalue weighted by Crippen LogP contribution is 2.21. The van der Waals surface area contributed by atoms with Crippen LogP contribution >= 0.6 is 0 Å². The van der Waals surface area contributed by atoms with E-state index < -0.39 is 0 Å². The largest absolute Gasteiger partial charge is 0.373 e. The average molecular weight is 225 g/mol. The number of ether oxygens (including phenoxy) is 1. The lowest BCUT2D eigenvalue weighted by Gasteiger charge is -2.19. The topological polar surface area (TPSA) is 60.2 Å². The highest BCUT2D eigenvalue weighted by atomic mass is 16.5. The van der Waals surface area contributed by atoms with Crippen LogP contribution in [0.15, 0.2) is 4.52 Å². The molecule has 0 spiro atoms. The third kappa shape index (κ3) is 3.02. The molecule has 0 radical (unpaired) electrons. The molecule has 1 fully saturated rings. The molecule has 0 aromatic carbocycles. The second-order valence-corrected chi connectivity index (χ2v) is 4.10. The molecule has 90 valence electrons. The van der Waals surface area contributed by atoms with E-state index in [9.17, 15) is 0 Å². The summed E-state index contributed by atoms with van der Waals surface area (Å²) in [6, 6.07) is 0.237. The van der Waals surface area contributed by atoms with Gasteiger partial charge >= 0.3 is 0 Å². The standard InChI is InChI=1S/C11H19N3O2/c1-2-7-15-8-10-13-11(16-14-10)9-5-3-4-6-12-9/h9,12H,2-8H2,1H3. The summed E-state index contributed by atoms with van der Waals surface area (Å²) in [6.45, 7) is 4.30. The Bertz CT molecular complexity index is 308. The molecule has 1 aliphatic rings. The van der Waals surface area contributed by atoms with Crippen molar-refractivity contribution in [2.24, 2.45) is 0 Å². The first-order valence-electron chi connectivity index (χ1n) is 6.03. The van der Waals surface area contributed by atoms with Crippen molar-refractivity contribution >= 4 is 0 Å². The Morgan fingerprint density at radius 1 is 1.50 bits per heavy atom. The fraction of sp³-hybridized carbons (Fsp3) is 0.818. The van der Waals surface area contributed by atoms with Gasteiger partial charge in [0.2, 0.25) is 5.89 Å². The van der Waals surface area contributed by atoms with Crippen LogP contribution in [0.5, 0.6) is 0 Å². The van der Waals surface area contributed by atoms with Crippen LogP contribution in [-0.4, -0.2) is 23.3 Å². The number of nitrogens with zero attached hydrogens (tertiary/aromatic N) is 2. The van der Waals surface area contributed by atoms with Gasteiger partial charge in [-0.05, 0) is 25.8 Å². The van der Waals surface area contributed by atoms with Gasteiger partial charge in [-0.1, -0.05) is 18.5 Å². The third-order valence-corrected chi connectivity index (χ3v) is 2.67. The van der Waals surface area contributed by atoms with E-state index in [1.165, 1.54) is 12.8 Å². The first kappa shape index (κ1) is 11.5. The van der Waals surface area contributed by atoms with Gasteiger partial charge in [-0.2, -0.15) is 4.98 Å². The summed E-state index contributed by atoms with van der Waals surface area (Å²) in [5.74, 6) is 1.35. The minimum absolute atomic E-state index is 0.237. The molecule has 2 rings (SSSR count). The first-order chi connectivity index (χ1) is 7.90. The molecule has 0 bridgehead atoms. The predicted molar refractivity (Wildman–Crippen MR) is 58.8 cm³/mol. The minimum Gasteiger partial charge on any atom is -0.373 e. The molecule has 5 nitrogen and oxygen atoms in total. The molecule has 1 unspecified atom stereocenters. The normalized spacial score (nSPS) is 21.2. The molecule has 1 N–H and O–H groups in total. The molecule has 1 aromatic rings. The van der Waals surface area contributed by atoms with E-state index in [0.717, 1.165) is 26.0 Å². The monoisotopic (exact) mass is 225 g/mol. The summed E-state index contributed by atoms with van der Waals surface area (Å²) in [7, 11) is 0. The highest BCUT2D eigenvalue weighted by Gasteiger charge is 2.20. The zero-order valence-electron chi connectivity index (χ0n) is 9.74. The molecule has 1 aliphatic heterocycles.